The molecule has 0 radical (unpaired) electrons. The van der Waals surface area contributed by atoms with E-state index in [1.807, 2.05) is 66.4 Å². The molecular formula is C36H33FN4O4S2. The van der Waals surface area contributed by atoms with Gasteiger partial charge in [0, 0.05) is 29.1 Å². The Labute approximate surface area is 280 Å². The number of ketones is 1. The fourth-order valence-corrected chi connectivity index (χ4v) is 7.54. The molecule has 0 atom stereocenters. The van der Waals surface area contributed by atoms with Crippen molar-refractivity contribution in [2.75, 3.05) is 38.7 Å². The molecule has 0 unspecified atom stereocenters. The van der Waals surface area contributed by atoms with Gasteiger partial charge < -0.3 is 14.7 Å². The normalized spacial score (nSPS) is 12.6. The summed E-state index contributed by atoms with van der Waals surface area (Å²) in [5.74, 6) is 4.48. The third kappa shape index (κ3) is 7.68. The first-order chi connectivity index (χ1) is 22.7. The monoisotopic (exact) mass is 668 g/mol. The minimum absolute atomic E-state index is 0.0112. The maximum Gasteiger partial charge on any atom is 0.355 e. The minimum atomic E-state index is -1.09. The second-order valence-electron chi connectivity index (χ2n) is 11.5. The number of carboxylic acids is 1. The highest BCUT2D eigenvalue weighted by Gasteiger charge is 2.26. The first-order valence-electron chi connectivity index (χ1n) is 15.3. The van der Waals surface area contributed by atoms with E-state index in [4.69, 9.17) is 4.74 Å². The molecule has 0 spiro atoms. The number of carboxylic acid groups (broad SMARTS) is 1. The molecular weight excluding hydrogens is 636 g/mol. The highest BCUT2D eigenvalue weighted by Crippen LogP contribution is 2.33. The van der Waals surface area contributed by atoms with Gasteiger partial charge in [-0.2, -0.15) is 0 Å². The average Bonchev–Trinajstić information content (AvgIpc) is 3.67. The van der Waals surface area contributed by atoms with Gasteiger partial charge in [0.1, 0.15) is 5.01 Å². The summed E-state index contributed by atoms with van der Waals surface area (Å²) in [5, 5.41) is 11.3. The van der Waals surface area contributed by atoms with Crippen LogP contribution in [0.5, 0.6) is 5.75 Å². The second-order valence-corrected chi connectivity index (χ2v) is 13.7. The second kappa shape index (κ2) is 14.4. The number of hydrogen-bond donors (Lipinski definition) is 1. The minimum Gasteiger partial charge on any atom is -0.491 e. The van der Waals surface area contributed by atoms with Gasteiger partial charge in [0.15, 0.2) is 28.2 Å². The van der Waals surface area contributed by atoms with Gasteiger partial charge in [-0.25, -0.2) is 19.2 Å². The molecule has 8 nitrogen and oxygen atoms in total. The van der Waals surface area contributed by atoms with Crippen LogP contribution in [0.3, 0.4) is 0 Å². The maximum atomic E-state index is 14.6. The van der Waals surface area contributed by atoms with Gasteiger partial charge in [-0.15, -0.1) is 22.7 Å². The number of halogens is 1. The molecule has 0 fully saturated rings. The average molecular weight is 669 g/mol. The van der Waals surface area contributed by atoms with E-state index in [0.29, 0.717) is 60.0 Å². The smallest absolute Gasteiger partial charge is 0.355 e. The Hall–Kier alpha value is -4.63. The molecule has 6 rings (SSSR count). The summed E-state index contributed by atoms with van der Waals surface area (Å²) in [7, 11) is 3.83. The number of aromatic carboxylic acids is 1. The van der Waals surface area contributed by atoms with Crippen molar-refractivity contribution in [3.8, 4) is 17.6 Å². The van der Waals surface area contributed by atoms with E-state index in [-0.39, 0.29) is 30.3 Å². The van der Waals surface area contributed by atoms with E-state index in [1.165, 1.54) is 28.7 Å². The predicted octanol–water partition coefficient (Wildman–Crippen LogP) is 6.50. The van der Waals surface area contributed by atoms with Gasteiger partial charge in [-0.05, 0) is 74.8 Å². The van der Waals surface area contributed by atoms with Crippen LogP contribution in [-0.4, -0.2) is 65.5 Å². The molecule has 3 aromatic carbocycles. The maximum absolute atomic E-state index is 14.6. The van der Waals surface area contributed by atoms with E-state index >= 15 is 0 Å². The van der Waals surface area contributed by atoms with Crippen LogP contribution in [-0.2, 0) is 25.8 Å². The summed E-state index contributed by atoms with van der Waals surface area (Å²) in [6, 6.07) is 18.3. The molecule has 0 aliphatic carbocycles. The van der Waals surface area contributed by atoms with Gasteiger partial charge in [0.2, 0.25) is 0 Å². The lowest BCUT2D eigenvalue weighted by Gasteiger charge is -2.29. The van der Waals surface area contributed by atoms with Crippen molar-refractivity contribution in [1.29, 1.82) is 0 Å². The number of rotatable bonds is 11. The SMILES string of the molecule is CN(C)CC#Cc1ccc(OCCCc2sc(N3CCc4cccc(C(=O)Cc5nc6ccccc6s5)c4C3)nc2C(=O)O)c(F)c1. The van der Waals surface area contributed by atoms with Gasteiger partial charge in [-0.1, -0.05) is 42.2 Å². The van der Waals surface area contributed by atoms with Crippen LogP contribution < -0.4 is 9.64 Å². The van der Waals surface area contributed by atoms with E-state index in [9.17, 15) is 19.1 Å². The van der Waals surface area contributed by atoms with Gasteiger partial charge in [0.25, 0.3) is 0 Å². The Balaban J connectivity index is 1.11. The number of anilines is 1. The Bertz CT molecular complexity index is 1980. The highest BCUT2D eigenvalue weighted by atomic mass is 32.1. The van der Waals surface area contributed by atoms with Crippen LogP contribution in [0.2, 0.25) is 0 Å². The molecule has 0 bridgehead atoms. The fourth-order valence-electron chi connectivity index (χ4n) is 5.45. The van der Waals surface area contributed by atoms with Gasteiger partial charge >= 0.3 is 5.97 Å². The number of nitrogens with zero attached hydrogens (tertiary/aromatic N) is 4. The number of benzene rings is 3. The summed E-state index contributed by atoms with van der Waals surface area (Å²) < 4.78 is 21.3. The first-order valence-corrected chi connectivity index (χ1v) is 16.9. The number of thiazole rings is 2. The van der Waals surface area contributed by atoms with Crippen molar-refractivity contribution in [1.82, 2.24) is 14.9 Å². The van der Waals surface area contributed by atoms with Crippen molar-refractivity contribution in [3.63, 3.8) is 0 Å². The Morgan fingerprint density at radius 1 is 1.09 bits per heavy atom. The van der Waals surface area contributed by atoms with Crippen LogP contribution in [0.4, 0.5) is 9.52 Å². The van der Waals surface area contributed by atoms with Crippen LogP contribution >= 0.6 is 22.7 Å². The number of para-hydroxylation sites is 1. The van der Waals surface area contributed by atoms with E-state index < -0.39 is 11.8 Å². The van der Waals surface area contributed by atoms with Crippen LogP contribution in [0.1, 0.15) is 53.8 Å². The lowest BCUT2D eigenvalue weighted by Crippen LogP contribution is -2.31. The van der Waals surface area contributed by atoms with E-state index in [0.717, 1.165) is 26.4 Å². The molecule has 0 saturated carbocycles. The molecule has 2 aromatic heterocycles. The molecule has 1 N–H and O–H groups in total. The summed E-state index contributed by atoms with van der Waals surface area (Å²) in [6.07, 6.45) is 1.85. The van der Waals surface area contributed by atoms with Crippen molar-refractivity contribution in [2.45, 2.75) is 32.2 Å². The Morgan fingerprint density at radius 3 is 2.72 bits per heavy atom. The first kappa shape index (κ1) is 32.3. The summed E-state index contributed by atoms with van der Waals surface area (Å²) >= 11 is 2.87. The molecule has 47 heavy (non-hydrogen) atoms. The molecule has 3 heterocycles. The predicted molar refractivity (Wildman–Crippen MR) is 184 cm³/mol. The lowest BCUT2D eigenvalue weighted by atomic mass is 9.92. The largest absolute Gasteiger partial charge is 0.491 e. The van der Waals surface area contributed by atoms with Gasteiger partial charge in [-0.3, -0.25) is 9.69 Å². The molecule has 5 aromatic rings. The van der Waals surface area contributed by atoms with E-state index in [2.05, 4.69) is 21.8 Å². The summed E-state index contributed by atoms with van der Waals surface area (Å²) in [4.78, 5) is 39.4. The number of fused-ring (bicyclic) bond motifs is 2. The summed E-state index contributed by atoms with van der Waals surface area (Å²) in [6.45, 7) is 1.91. The summed E-state index contributed by atoms with van der Waals surface area (Å²) in [5.41, 5.74) is 4.21. The van der Waals surface area contributed by atoms with Crippen LogP contribution in [0.15, 0.2) is 60.7 Å². The topological polar surface area (TPSA) is 95.9 Å². The standard InChI is InChI=1S/C36H33FN4O4S2/c1-40(2)17-6-8-23-14-15-30(27(37)20-23)45-19-7-13-32-34(35(43)44)39-36(47-32)41-18-16-24-9-5-10-25(26(24)22-41)29(42)21-33-38-28-11-3-4-12-31(28)46-33/h3-5,9-12,14-15,20H,7,13,16-19,21-22H2,1-2H3,(H,43,44). The number of Topliss-reactive ketones (excluding diaryl/α,β-unsaturated/α-hetero) is 1. The van der Waals surface area contributed by atoms with Crippen LogP contribution in [0, 0.1) is 17.7 Å². The zero-order chi connectivity index (χ0) is 32.9. The lowest BCUT2D eigenvalue weighted by molar-refractivity contribution is 0.0690. The highest BCUT2D eigenvalue weighted by molar-refractivity contribution is 7.18. The van der Waals surface area contributed by atoms with Crippen molar-refractivity contribution in [2.24, 2.45) is 0 Å². The number of hydrogen-bond acceptors (Lipinski definition) is 9. The number of carbonyl (C=O) groups excluding carboxylic acids is 1. The number of carbonyl (C=O) groups is 2. The van der Waals surface area contributed by atoms with E-state index in [1.54, 1.807) is 12.1 Å². The zero-order valence-corrected chi connectivity index (χ0v) is 27.7. The van der Waals surface area contributed by atoms with Crippen molar-refractivity contribution >= 4 is 49.8 Å². The quantitative estimate of drug-likeness (QED) is 0.0969. The number of aryl methyl sites for hydroxylation is 1. The zero-order valence-electron chi connectivity index (χ0n) is 26.1. The number of aromatic nitrogens is 2. The molecule has 11 heteroatoms. The third-order valence-electron chi connectivity index (χ3n) is 7.75. The van der Waals surface area contributed by atoms with Crippen LogP contribution in [0.25, 0.3) is 10.2 Å². The third-order valence-corrected chi connectivity index (χ3v) is 9.96. The number of ether oxygens (including phenoxy) is 1. The van der Waals surface area contributed by atoms with Crippen molar-refractivity contribution in [3.05, 3.63) is 104 Å². The molecule has 0 saturated heterocycles. The molecule has 240 valence electrons. The fraction of sp³-hybridized carbons (Fsp3) is 0.278. The van der Waals surface area contributed by atoms with Crippen molar-refractivity contribution < 1.29 is 23.8 Å². The Morgan fingerprint density at radius 2 is 1.94 bits per heavy atom. The van der Waals surface area contributed by atoms with Gasteiger partial charge in [0.05, 0.1) is 29.8 Å². The Kier molecular flexibility index (Phi) is 9.92. The molecule has 0 amide bonds. The molecule has 1 aliphatic rings. The molecule has 1 aliphatic heterocycles.